The van der Waals surface area contributed by atoms with Gasteiger partial charge in [-0.25, -0.2) is 0 Å². The van der Waals surface area contributed by atoms with Gasteiger partial charge in [-0.05, 0) is 31.6 Å². The van der Waals surface area contributed by atoms with Crippen molar-refractivity contribution in [2.45, 2.75) is 31.7 Å². The molecule has 1 aliphatic carbocycles. The number of carbonyl (C=O) groups excluding carboxylic acids is 1. The van der Waals surface area contributed by atoms with Gasteiger partial charge in [0, 0.05) is 36.9 Å². The van der Waals surface area contributed by atoms with Crippen LogP contribution in [0.15, 0.2) is 0 Å². The van der Waals surface area contributed by atoms with E-state index >= 15 is 0 Å². The fourth-order valence-electron chi connectivity index (χ4n) is 3.73. The van der Waals surface area contributed by atoms with E-state index in [0.29, 0.717) is 17.7 Å². The van der Waals surface area contributed by atoms with E-state index in [-0.39, 0.29) is 5.91 Å². The van der Waals surface area contributed by atoms with E-state index in [1.807, 2.05) is 4.90 Å². The number of amides is 1. The highest BCUT2D eigenvalue weighted by Gasteiger charge is 2.41. The van der Waals surface area contributed by atoms with Gasteiger partial charge in [-0.2, -0.15) is 5.10 Å². The lowest BCUT2D eigenvalue weighted by Crippen LogP contribution is -2.39. The normalized spacial score (nSPS) is 29.7. The summed E-state index contributed by atoms with van der Waals surface area (Å²) in [5.41, 5.74) is 3.04. The molecule has 3 heterocycles. The van der Waals surface area contributed by atoms with Crippen molar-refractivity contribution in [2.75, 3.05) is 19.6 Å². The minimum Gasteiger partial charge on any atom is -0.333 e. The zero-order valence-electron chi connectivity index (χ0n) is 10.4. The molecule has 1 aromatic heterocycles. The predicted molar refractivity (Wildman–Crippen MR) is 66.4 cm³/mol. The summed E-state index contributed by atoms with van der Waals surface area (Å²) in [4.78, 5) is 14.7. The maximum Gasteiger partial charge on any atom is 0.274 e. The monoisotopic (exact) mass is 246 g/mol. The van der Waals surface area contributed by atoms with Gasteiger partial charge in [0.1, 0.15) is 0 Å². The summed E-state index contributed by atoms with van der Waals surface area (Å²) < 4.78 is 0. The van der Waals surface area contributed by atoms with Crippen LogP contribution in [0.2, 0.25) is 0 Å². The molecule has 0 saturated carbocycles. The van der Waals surface area contributed by atoms with Gasteiger partial charge < -0.3 is 10.2 Å². The van der Waals surface area contributed by atoms with Crippen molar-refractivity contribution in [1.82, 2.24) is 20.4 Å². The number of carbonyl (C=O) groups is 1. The third kappa shape index (κ3) is 1.37. The summed E-state index contributed by atoms with van der Waals surface area (Å²) in [6.07, 6.45) is 4.34. The van der Waals surface area contributed by atoms with E-state index in [1.54, 1.807) is 0 Å². The predicted octanol–water partition coefficient (Wildman–Crippen LogP) is 0.332. The van der Waals surface area contributed by atoms with E-state index in [9.17, 15) is 4.79 Å². The Kier molecular flexibility index (Phi) is 2.24. The van der Waals surface area contributed by atoms with Gasteiger partial charge in [-0.3, -0.25) is 9.89 Å². The fourth-order valence-corrected chi connectivity index (χ4v) is 3.73. The highest BCUT2D eigenvalue weighted by Crippen LogP contribution is 2.30. The first-order valence-electron chi connectivity index (χ1n) is 6.92. The maximum absolute atomic E-state index is 12.6. The summed E-state index contributed by atoms with van der Waals surface area (Å²) >= 11 is 0. The molecule has 5 nitrogen and oxygen atoms in total. The van der Waals surface area contributed by atoms with Crippen LogP contribution in [0.1, 0.15) is 34.6 Å². The van der Waals surface area contributed by atoms with Gasteiger partial charge in [0.05, 0.1) is 0 Å². The molecule has 4 rings (SSSR count). The Balaban J connectivity index is 1.63. The Morgan fingerprint density at radius 1 is 1.33 bits per heavy atom. The van der Waals surface area contributed by atoms with Crippen LogP contribution in [-0.4, -0.2) is 46.7 Å². The summed E-state index contributed by atoms with van der Waals surface area (Å²) in [5, 5.41) is 10.7. The number of rotatable bonds is 1. The first kappa shape index (κ1) is 10.6. The van der Waals surface area contributed by atoms with Crippen molar-refractivity contribution in [1.29, 1.82) is 0 Å². The van der Waals surface area contributed by atoms with E-state index < -0.39 is 0 Å². The summed E-state index contributed by atoms with van der Waals surface area (Å²) in [6.45, 7) is 2.91. The molecular weight excluding hydrogens is 228 g/mol. The lowest BCUT2D eigenvalue weighted by molar-refractivity contribution is 0.0730. The van der Waals surface area contributed by atoms with Crippen molar-refractivity contribution in [3.8, 4) is 0 Å². The summed E-state index contributed by atoms with van der Waals surface area (Å²) in [7, 11) is 0. The van der Waals surface area contributed by atoms with Crippen LogP contribution in [0.3, 0.4) is 0 Å². The fraction of sp³-hybridized carbons (Fsp3) is 0.692. The molecule has 0 spiro atoms. The highest BCUT2D eigenvalue weighted by atomic mass is 16.2. The molecule has 0 radical (unpaired) electrons. The van der Waals surface area contributed by atoms with E-state index in [1.165, 1.54) is 11.3 Å². The Labute approximate surface area is 106 Å². The standard InChI is InChI=1S/C13H18N4O/c18-13(12-9-2-1-3-10(9)15-16-12)17-5-4-8-6-14-7-11(8)17/h8,11,14H,1-7H2,(H,15,16)/t8-,11+/m0/s1. The zero-order chi connectivity index (χ0) is 12.1. The lowest BCUT2D eigenvalue weighted by atomic mass is 10.0. The molecule has 2 fully saturated rings. The van der Waals surface area contributed by atoms with E-state index in [4.69, 9.17) is 0 Å². The van der Waals surface area contributed by atoms with Gasteiger partial charge in [0.2, 0.25) is 0 Å². The number of fused-ring (bicyclic) bond motifs is 2. The lowest BCUT2D eigenvalue weighted by Gasteiger charge is -2.22. The number of hydrogen-bond acceptors (Lipinski definition) is 3. The smallest absolute Gasteiger partial charge is 0.274 e. The molecule has 0 bridgehead atoms. The molecule has 0 aromatic carbocycles. The molecule has 2 saturated heterocycles. The van der Waals surface area contributed by atoms with Crippen LogP contribution in [-0.2, 0) is 12.8 Å². The topological polar surface area (TPSA) is 61.0 Å². The number of nitrogens with zero attached hydrogens (tertiary/aromatic N) is 2. The van der Waals surface area contributed by atoms with Crippen LogP contribution in [0, 0.1) is 5.92 Å². The largest absolute Gasteiger partial charge is 0.333 e. The Bertz CT molecular complexity index is 495. The van der Waals surface area contributed by atoms with Crippen LogP contribution < -0.4 is 5.32 Å². The molecule has 96 valence electrons. The molecular formula is C13H18N4O. The average Bonchev–Trinajstić information content (AvgIpc) is 3.08. The third-order valence-electron chi connectivity index (χ3n) is 4.72. The first-order chi connectivity index (χ1) is 8.84. The number of aryl methyl sites for hydroxylation is 1. The Morgan fingerprint density at radius 3 is 3.22 bits per heavy atom. The Hall–Kier alpha value is -1.36. The molecule has 1 amide bonds. The van der Waals surface area contributed by atoms with Gasteiger partial charge >= 0.3 is 0 Å². The SMILES string of the molecule is O=C(c1n[nH]c2c1CCC2)N1CC[C@H]2CNC[C@H]21. The van der Waals surface area contributed by atoms with Crippen molar-refractivity contribution >= 4 is 5.91 Å². The first-order valence-corrected chi connectivity index (χ1v) is 6.92. The van der Waals surface area contributed by atoms with Crippen molar-refractivity contribution < 1.29 is 4.79 Å². The number of hydrogen-bond donors (Lipinski definition) is 2. The number of aromatic amines is 1. The summed E-state index contributed by atoms with van der Waals surface area (Å²) in [5.74, 6) is 0.798. The number of nitrogens with one attached hydrogen (secondary N) is 2. The second kappa shape index (κ2) is 3.82. The second-order valence-corrected chi connectivity index (χ2v) is 5.66. The van der Waals surface area contributed by atoms with Gasteiger partial charge in [0.25, 0.3) is 5.91 Å². The van der Waals surface area contributed by atoms with E-state index in [0.717, 1.165) is 45.3 Å². The van der Waals surface area contributed by atoms with E-state index in [2.05, 4.69) is 15.5 Å². The van der Waals surface area contributed by atoms with Gasteiger partial charge in [0.15, 0.2) is 5.69 Å². The minimum atomic E-state index is 0.144. The molecule has 18 heavy (non-hydrogen) atoms. The number of H-pyrrole nitrogens is 1. The molecule has 5 heteroatoms. The van der Waals surface area contributed by atoms with Crippen molar-refractivity contribution in [2.24, 2.45) is 5.92 Å². The van der Waals surface area contributed by atoms with Crippen molar-refractivity contribution in [3.05, 3.63) is 17.0 Å². The van der Waals surface area contributed by atoms with Gasteiger partial charge in [-0.15, -0.1) is 0 Å². The van der Waals surface area contributed by atoms with Crippen LogP contribution in [0.4, 0.5) is 0 Å². The number of likely N-dealkylation sites (tertiary alicyclic amines) is 1. The molecule has 3 aliphatic rings. The highest BCUT2D eigenvalue weighted by molar-refractivity contribution is 5.94. The quantitative estimate of drug-likeness (QED) is 0.751. The van der Waals surface area contributed by atoms with Gasteiger partial charge in [-0.1, -0.05) is 0 Å². The molecule has 2 N–H and O–H groups in total. The average molecular weight is 246 g/mol. The molecule has 1 aromatic rings. The van der Waals surface area contributed by atoms with Crippen molar-refractivity contribution in [3.63, 3.8) is 0 Å². The maximum atomic E-state index is 12.6. The third-order valence-corrected chi connectivity index (χ3v) is 4.72. The summed E-state index contributed by atoms with van der Waals surface area (Å²) in [6, 6.07) is 0.395. The molecule has 2 atom stereocenters. The zero-order valence-corrected chi connectivity index (χ0v) is 10.4. The second-order valence-electron chi connectivity index (χ2n) is 5.66. The number of aromatic nitrogens is 2. The molecule has 2 aliphatic heterocycles. The van der Waals surface area contributed by atoms with Crippen LogP contribution in [0.5, 0.6) is 0 Å². The Morgan fingerprint density at radius 2 is 2.28 bits per heavy atom. The minimum absolute atomic E-state index is 0.144. The molecule has 0 unspecified atom stereocenters. The van der Waals surface area contributed by atoms with Crippen LogP contribution in [0.25, 0.3) is 0 Å². The van der Waals surface area contributed by atoms with Crippen LogP contribution >= 0.6 is 0 Å².